The molecular weight excluding hydrogens is 375 g/mol. The maximum absolute atomic E-state index is 12.5. The van der Waals surface area contributed by atoms with Gasteiger partial charge in [-0.3, -0.25) is 4.79 Å². The number of alkyl halides is 3. The Bertz CT molecular complexity index is 628. The van der Waals surface area contributed by atoms with Crippen molar-refractivity contribution < 1.29 is 76.2 Å². The number of hydrogen-bond donors (Lipinski definition) is 1. The van der Waals surface area contributed by atoms with Crippen molar-refractivity contribution in [2.45, 2.75) is 19.5 Å². The van der Waals surface area contributed by atoms with E-state index >= 15 is 0 Å². The zero-order chi connectivity index (χ0) is 14.8. The number of hydrogen-bond acceptors (Lipinski definition) is 4. The van der Waals surface area contributed by atoms with Crippen molar-refractivity contribution in [1.82, 2.24) is 4.98 Å². The number of halogens is 3. The van der Waals surface area contributed by atoms with Crippen LogP contribution in [0.15, 0.2) is 23.6 Å². The van der Waals surface area contributed by atoms with Crippen LogP contribution in [-0.4, -0.2) is 10.8 Å². The van der Waals surface area contributed by atoms with Crippen molar-refractivity contribution in [3.63, 3.8) is 0 Å². The summed E-state index contributed by atoms with van der Waals surface area (Å²) < 4.78 is 37.6. The van der Waals surface area contributed by atoms with Gasteiger partial charge in [0.05, 0.1) is 5.69 Å². The van der Waals surface area contributed by atoms with E-state index in [1.54, 1.807) is 5.38 Å². The Morgan fingerprint density at radius 2 is 2.19 bits per heavy atom. The van der Waals surface area contributed by atoms with E-state index in [0.717, 1.165) is 6.07 Å². The smallest absolute Gasteiger partial charge is 0.355 e. The molecule has 1 heterocycles. The van der Waals surface area contributed by atoms with Gasteiger partial charge in [0, 0.05) is 11.8 Å². The van der Waals surface area contributed by atoms with Crippen LogP contribution in [0.5, 0.6) is 0 Å². The Morgan fingerprint density at radius 1 is 1.48 bits per heavy atom. The number of rotatable bonds is 4. The van der Waals surface area contributed by atoms with E-state index in [-0.39, 0.29) is 76.1 Å². The number of nitrogens with one attached hydrogen (secondary N) is 1. The molecule has 0 saturated carbocycles. The molecule has 2 aromatic rings. The predicted molar refractivity (Wildman–Crippen MR) is 70.1 cm³/mol. The molecule has 1 N–H and O–H groups in total. The molecule has 0 atom stereocenters. The first-order valence-corrected chi connectivity index (χ1v) is 6.52. The number of carbonyl (C=O) groups excluding carboxylic acids is 1. The fourth-order valence-corrected chi connectivity index (χ4v) is 2.26. The van der Waals surface area contributed by atoms with E-state index in [4.69, 9.17) is 0 Å². The minimum atomic E-state index is -4.43. The summed E-state index contributed by atoms with van der Waals surface area (Å²) in [6.45, 7) is 1.45. The number of nitrogens with zero attached hydrogens (tertiary/aromatic N) is 1. The minimum absolute atomic E-state index is 0. The molecule has 1 aromatic carbocycles. The second-order valence-corrected chi connectivity index (χ2v) is 4.99. The van der Waals surface area contributed by atoms with Crippen LogP contribution in [0.1, 0.15) is 18.2 Å². The molecule has 21 heavy (non-hydrogen) atoms. The number of benzene rings is 1. The number of anilines is 2. The molecule has 0 fully saturated rings. The topological polar surface area (TPSA) is 42.0 Å². The summed E-state index contributed by atoms with van der Waals surface area (Å²) in [5.74, 6) is -0.0180. The molecule has 8 heteroatoms. The molecule has 1 aromatic heterocycles. The van der Waals surface area contributed by atoms with Crippen molar-refractivity contribution in [3.8, 4) is 0 Å². The maximum Gasteiger partial charge on any atom is 1.00 e. The van der Waals surface area contributed by atoms with Gasteiger partial charge in [-0.25, -0.2) is 4.98 Å². The van der Waals surface area contributed by atoms with Crippen LogP contribution in [0.2, 0.25) is 0 Å². The first kappa shape index (κ1) is 19.0. The number of thiazole rings is 1. The second kappa shape index (κ2) is 7.96. The first-order valence-electron chi connectivity index (χ1n) is 5.64. The van der Waals surface area contributed by atoms with Crippen LogP contribution in [0.25, 0.3) is 0 Å². The van der Waals surface area contributed by atoms with Crippen molar-refractivity contribution >= 4 is 27.9 Å². The molecule has 106 valence electrons. The molecule has 0 aliphatic heterocycles. The summed E-state index contributed by atoms with van der Waals surface area (Å²) >= 11 is 1.23. The third-order valence-electron chi connectivity index (χ3n) is 2.34. The Kier molecular flexibility index (Phi) is 7.19. The molecule has 3 nitrogen and oxygen atoms in total. The molecule has 0 radical (unpaired) electrons. The SMILES string of the molecule is CC(=O)Cc1csc(Nc2cc[c-]c(C(F)(F)F)c2)n1.[Rb+]. The molecular formula is C13H10F3N2ORbS. The third-order valence-corrected chi connectivity index (χ3v) is 3.15. The molecule has 0 unspecified atom stereocenters. The third kappa shape index (κ3) is 5.90. The van der Waals surface area contributed by atoms with Gasteiger partial charge in [0.2, 0.25) is 0 Å². The van der Waals surface area contributed by atoms with Gasteiger partial charge in [-0.15, -0.1) is 23.5 Å². The minimum Gasteiger partial charge on any atom is -0.355 e. The number of aromatic nitrogens is 1. The van der Waals surface area contributed by atoms with Gasteiger partial charge in [-0.1, -0.05) is 11.3 Å². The molecule has 0 aliphatic rings. The largest absolute Gasteiger partial charge is 1.00 e. The molecule has 2 rings (SSSR count). The van der Waals surface area contributed by atoms with Gasteiger partial charge >= 0.3 is 64.4 Å². The van der Waals surface area contributed by atoms with Crippen LogP contribution in [0.3, 0.4) is 0 Å². The molecule has 0 bridgehead atoms. The number of carbonyl (C=O) groups is 1. The van der Waals surface area contributed by atoms with Crippen molar-refractivity contribution in [2.24, 2.45) is 0 Å². The first-order chi connectivity index (χ1) is 9.34. The molecule has 0 aliphatic carbocycles. The Morgan fingerprint density at radius 3 is 2.81 bits per heavy atom. The van der Waals surface area contributed by atoms with Crippen LogP contribution in [0.4, 0.5) is 24.0 Å². The summed E-state index contributed by atoms with van der Waals surface area (Å²) in [7, 11) is 0. The van der Waals surface area contributed by atoms with Crippen LogP contribution >= 0.6 is 11.3 Å². The van der Waals surface area contributed by atoms with Gasteiger partial charge in [-0.2, -0.15) is 25.3 Å². The normalized spacial score (nSPS) is 10.9. The summed E-state index contributed by atoms with van der Waals surface area (Å²) in [4.78, 5) is 15.1. The Hall–Kier alpha value is -0.0848. The van der Waals surface area contributed by atoms with E-state index in [0.29, 0.717) is 10.8 Å². The monoisotopic (exact) mass is 384 g/mol. The Balaban J connectivity index is 0.00000220. The van der Waals surface area contributed by atoms with Gasteiger partial charge < -0.3 is 5.32 Å². The van der Waals surface area contributed by atoms with Gasteiger partial charge in [0.15, 0.2) is 5.13 Å². The summed E-state index contributed by atoms with van der Waals surface area (Å²) in [6.07, 6.45) is -4.21. The summed E-state index contributed by atoms with van der Waals surface area (Å²) in [5, 5.41) is 4.93. The van der Waals surface area contributed by atoms with E-state index in [1.165, 1.54) is 30.4 Å². The van der Waals surface area contributed by atoms with Crippen LogP contribution < -0.4 is 63.5 Å². The van der Waals surface area contributed by atoms with Gasteiger partial charge in [-0.05, 0) is 6.92 Å². The summed E-state index contributed by atoms with van der Waals surface area (Å²) in [5.41, 5.74) is 0.0337. The average Bonchev–Trinajstić information content (AvgIpc) is 2.75. The fourth-order valence-electron chi connectivity index (χ4n) is 1.53. The number of ketones is 1. The van der Waals surface area contributed by atoms with E-state index in [1.807, 2.05) is 0 Å². The zero-order valence-electron chi connectivity index (χ0n) is 11.4. The van der Waals surface area contributed by atoms with E-state index in [2.05, 4.69) is 16.4 Å². The van der Waals surface area contributed by atoms with Crippen LogP contribution in [-0.2, 0) is 17.4 Å². The van der Waals surface area contributed by atoms with E-state index in [9.17, 15) is 18.0 Å². The average molecular weight is 385 g/mol. The van der Waals surface area contributed by atoms with Crippen molar-refractivity contribution in [3.05, 3.63) is 40.9 Å². The standard InChI is InChI=1S/C13H10F3N2OS.Rb/c1-8(19)5-11-7-20-12(18-11)17-10-4-2-3-9(6-10)13(14,15)16;/h2,4,6-7H,5H2,1H3,(H,17,18);/q-1;+1. The maximum atomic E-state index is 12.5. The number of Topliss-reactive ketones (excluding diaryl/α,β-unsaturated/α-hetero) is 1. The summed E-state index contributed by atoms with van der Waals surface area (Å²) in [6, 6.07) is 5.78. The molecule has 0 saturated heterocycles. The molecule has 0 spiro atoms. The zero-order valence-corrected chi connectivity index (χ0v) is 17.1. The van der Waals surface area contributed by atoms with Gasteiger partial charge in [0.1, 0.15) is 5.78 Å². The van der Waals surface area contributed by atoms with Gasteiger partial charge in [0.25, 0.3) is 0 Å². The van der Waals surface area contributed by atoms with Crippen molar-refractivity contribution in [2.75, 3.05) is 5.32 Å². The second-order valence-electron chi connectivity index (χ2n) is 4.14. The fraction of sp³-hybridized carbons (Fsp3) is 0.231. The molecule has 0 amide bonds. The van der Waals surface area contributed by atoms with Crippen LogP contribution in [0, 0.1) is 6.07 Å². The Labute approximate surface area is 172 Å². The quantitative estimate of drug-likeness (QED) is 0.794. The van der Waals surface area contributed by atoms with Crippen molar-refractivity contribution in [1.29, 1.82) is 0 Å². The van der Waals surface area contributed by atoms with E-state index < -0.39 is 11.7 Å². The predicted octanol–water partition coefficient (Wildman–Crippen LogP) is 0.841.